The molecule has 0 atom stereocenters. The maximum atomic E-state index is 12.2. The van der Waals surface area contributed by atoms with Crippen LogP contribution in [0.25, 0.3) is 10.1 Å². The topological polar surface area (TPSA) is 56.1 Å². The number of fused-ring (bicyclic) bond motifs is 1. The van der Waals surface area contributed by atoms with Crippen molar-refractivity contribution >= 4 is 33.0 Å². The summed E-state index contributed by atoms with van der Waals surface area (Å²) in [5, 5.41) is 15.1. The highest BCUT2D eigenvalue weighted by Gasteiger charge is 2.10. The first kappa shape index (κ1) is 16.2. The minimum absolute atomic E-state index is 0.0906. The van der Waals surface area contributed by atoms with E-state index in [0.29, 0.717) is 17.8 Å². The molecule has 2 aromatic carbocycles. The monoisotopic (exact) mass is 335 g/mol. The molecule has 0 aliphatic rings. The summed E-state index contributed by atoms with van der Waals surface area (Å²) in [5.41, 5.74) is 2.41. The Kier molecular flexibility index (Phi) is 4.90. The molecule has 3 rings (SSSR count). The third-order valence-corrected chi connectivity index (χ3v) is 4.70. The molecule has 24 heavy (non-hydrogen) atoms. The van der Waals surface area contributed by atoms with Crippen molar-refractivity contribution in [3.8, 4) is 6.07 Å². The quantitative estimate of drug-likeness (QED) is 0.770. The fourth-order valence-electron chi connectivity index (χ4n) is 2.61. The van der Waals surface area contributed by atoms with Crippen LogP contribution >= 0.6 is 11.3 Å². The number of carbonyl (C=O) groups excluding carboxylic acids is 1. The van der Waals surface area contributed by atoms with Crippen molar-refractivity contribution in [3.63, 3.8) is 0 Å². The molecule has 0 unspecified atom stereocenters. The Morgan fingerprint density at radius 3 is 2.92 bits per heavy atom. The van der Waals surface area contributed by atoms with E-state index in [0.717, 1.165) is 6.54 Å². The van der Waals surface area contributed by atoms with Crippen LogP contribution in [0.3, 0.4) is 0 Å². The van der Waals surface area contributed by atoms with Crippen LogP contribution in [-0.2, 0) is 11.3 Å². The van der Waals surface area contributed by atoms with Crippen molar-refractivity contribution in [2.24, 2.45) is 0 Å². The predicted octanol–water partition coefficient (Wildman–Crippen LogP) is 3.84. The first-order valence-electron chi connectivity index (χ1n) is 7.59. The number of likely N-dealkylation sites (N-methyl/N-ethyl adjacent to an activating group) is 1. The van der Waals surface area contributed by atoms with E-state index in [1.165, 1.54) is 15.6 Å². The van der Waals surface area contributed by atoms with Crippen molar-refractivity contribution in [2.45, 2.75) is 6.54 Å². The second-order valence-electron chi connectivity index (χ2n) is 5.67. The average Bonchev–Trinajstić information content (AvgIpc) is 2.98. The maximum absolute atomic E-state index is 12.2. The van der Waals surface area contributed by atoms with Crippen LogP contribution in [-0.4, -0.2) is 24.4 Å². The highest BCUT2D eigenvalue weighted by Crippen LogP contribution is 2.26. The molecule has 1 aromatic heterocycles. The number of nitrogens with one attached hydrogen (secondary N) is 1. The van der Waals surface area contributed by atoms with Gasteiger partial charge in [-0.15, -0.1) is 11.3 Å². The van der Waals surface area contributed by atoms with Gasteiger partial charge in [0.05, 0.1) is 18.2 Å². The molecule has 1 N–H and O–H groups in total. The maximum Gasteiger partial charge on any atom is 0.238 e. The fraction of sp³-hybridized carbons (Fsp3) is 0.158. The number of nitrogens with zero attached hydrogens (tertiary/aromatic N) is 2. The third-order valence-electron chi connectivity index (χ3n) is 3.69. The van der Waals surface area contributed by atoms with E-state index in [1.807, 2.05) is 24.1 Å². The molecule has 3 aromatic rings. The number of rotatable bonds is 5. The fourth-order valence-corrected chi connectivity index (χ4v) is 3.57. The molecule has 1 heterocycles. The summed E-state index contributed by atoms with van der Waals surface area (Å²) in [6.07, 6.45) is 0. The van der Waals surface area contributed by atoms with Crippen molar-refractivity contribution in [1.82, 2.24) is 4.90 Å². The standard InChI is InChI=1S/C19H17N3OS/c1-22(11-15-13-24-18-8-3-2-7-17(15)18)12-19(23)21-16-6-4-5-14(9-16)10-20/h2-9,13H,11-12H2,1H3,(H,21,23). The second-order valence-corrected chi connectivity index (χ2v) is 6.58. The molecule has 0 aliphatic carbocycles. The van der Waals surface area contributed by atoms with Gasteiger partial charge in [0, 0.05) is 16.9 Å². The van der Waals surface area contributed by atoms with E-state index in [4.69, 9.17) is 5.26 Å². The van der Waals surface area contributed by atoms with E-state index in [9.17, 15) is 4.79 Å². The zero-order chi connectivity index (χ0) is 16.9. The van der Waals surface area contributed by atoms with Crippen molar-refractivity contribution in [1.29, 1.82) is 5.26 Å². The van der Waals surface area contributed by atoms with E-state index >= 15 is 0 Å². The van der Waals surface area contributed by atoms with Crippen molar-refractivity contribution in [2.75, 3.05) is 18.9 Å². The summed E-state index contributed by atoms with van der Waals surface area (Å²) >= 11 is 1.72. The molecule has 0 radical (unpaired) electrons. The number of hydrogen-bond acceptors (Lipinski definition) is 4. The SMILES string of the molecule is CN(CC(=O)Nc1cccc(C#N)c1)Cc1csc2ccccc12. The Labute approximate surface area is 144 Å². The lowest BCUT2D eigenvalue weighted by Crippen LogP contribution is -2.29. The number of carbonyl (C=O) groups is 1. The van der Waals surface area contributed by atoms with Crippen LogP contribution in [0.1, 0.15) is 11.1 Å². The van der Waals surface area contributed by atoms with Gasteiger partial charge in [-0.2, -0.15) is 5.26 Å². The van der Waals surface area contributed by atoms with Gasteiger partial charge in [0.1, 0.15) is 0 Å². The summed E-state index contributed by atoms with van der Waals surface area (Å²) in [5.74, 6) is -0.0906. The van der Waals surface area contributed by atoms with Gasteiger partial charge in [0.25, 0.3) is 0 Å². The van der Waals surface area contributed by atoms with Crippen LogP contribution in [0.5, 0.6) is 0 Å². The molecule has 0 bridgehead atoms. The van der Waals surface area contributed by atoms with Gasteiger partial charge in [-0.1, -0.05) is 24.3 Å². The Balaban J connectivity index is 1.61. The van der Waals surface area contributed by atoms with Gasteiger partial charge in [-0.25, -0.2) is 0 Å². The van der Waals surface area contributed by atoms with Crippen LogP contribution in [0.4, 0.5) is 5.69 Å². The molecule has 4 nitrogen and oxygen atoms in total. The molecule has 120 valence electrons. The van der Waals surface area contributed by atoms with Gasteiger partial charge in [-0.3, -0.25) is 9.69 Å². The Bertz CT molecular complexity index is 910. The van der Waals surface area contributed by atoms with Crippen LogP contribution in [0.15, 0.2) is 53.9 Å². The summed E-state index contributed by atoms with van der Waals surface area (Å²) < 4.78 is 1.26. The zero-order valence-corrected chi connectivity index (χ0v) is 14.1. The summed E-state index contributed by atoms with van der Waals surface area (Å²) in [7, 11) is 1.93. The van der Waals surface area contributed by atoms with Crippen LogP contribution in [0, 0.1) is 11.3 Å². The predicted molar refractivity (Wildman–Crippen MR) is 97.9 cm³/mol. The highest BCUT2D eigenvalue weighted by atomic mass is 32.1. The van der Waals surface area contributed by atoms with E-state index in [2.05, 4.69) is 28.9 Å². The number of hydrogen-bond donors (Lipinski definition) is 1. The lowest BCUT2D eigenvalue weighted by Gasteiger charge is -2.16. The second kappa shape index (κ2) is 7.26. The first-order chi connectivity index (χ1) is 11.7. The summed E-state index contributed by atoms with van der Waals surface area (Å²) in [4.78, 5) is 14.2. The van der Waals surface area contributed by atoms with Gasteiger partial charge in [-0.05, 0) is 47.6 Å². The number of nitriles is 1. The molecule has 5 heteroatoms. The molecule has 0 fully saturated rings. The zero-order valence-electron chi connectivity index (χ0n) is 13.3. The van der Waals surface area contributed by atoms with Gasteiger partial charge >= 0.3 is 0 Å². The molecule has 1 amide bonds. The third kappa shape index (κ3) is 3.80. The minimum Gasteiger partial charge on any atom is -0.325 e. The van der Waals surface area contributed by atoms with Crippen LogP contribution in [0.2, 0.25) is 0 Å². The Hall–Kier alpha value is -2.68. The molecular formula is C19H17N3OS. The molecular weight excluding hydrogens is 318 g/mol. The minimum atomic E-state index is -0.0906. The van der Waals surface area contributed by atoms with Gasteiger partial charge in [0.15, 0.2) is 0 Å². The largest absolute Gasteiger partial charge is 0.325 e. The lowest BCUT2D eigenvalue weighted by molar-refractivity contribution is -0.117. The summed E-state index contributed by atoms with van der Waals surface area (Å²) in [6, 6.07) is 17.3. The number of thiophene rings is 1. The van der Waals surface area contributed by atoms with Crippen LogP contribution < -0.4 is 5.32 Å². The molecule has 0 saturated heterocycles. The van der Waals surface area contributed by atoms with Crippen molar-refractivity contribution in [3.05, 3.63) is 65.0 Å². The normalized spacial score (nSPS) is 10.7. The Morgan fingerprint density at radius 1 is 1.25 bits per heavy atom. The first-order valence-corrected chi connectivity index (χ1v) is 8.47. The summed E-state index contributed by atoms with van der Waals surface area (Å²) in [6.45, 7) is 1.01. The van der Waals surface area contributed by atoms with E-state index in [1.54, 1.807) is 35.6 Å². The van der Waals surface area contributed by atoms with E-state index < -0.39 is 0 Å². The van der Waals surface area contributed by atoms with E-state index in [-0.39, 0.29) is 5.91 Å². The Morgan fingerprint density at radius 2 is 2.08 bits per heavy atom. The van der Waals surface area contributed by atoms with Gasteiger partial charge in [0.2, 0.25) is 5.91 Å². The van der Waals surface area contributed by atoms with Crippen molar-refractivity contribution < 1.29 is 4.79 Å². The smallest absolute Gasteiger partial charge is 0.238 e. The lowest BCUT2D eigenvalue weighted by atomic mass is 10.1. The molecule has 0 aliphatic heterocycles. The molecule has 0 saturated carbocycles. The number of anilines is 1. The number of benzene rings is 2. The molecule has 0 spiro atoms. The number of amides is 1. The highest BCUT2D eigenvalue weighted by molar-refractivity contribution is 7.17. The van der Waals surface area contributed by atoms with Gasteiger partial charge < -0.3 is 5.32 Å². The average molecular weight is 335 g/mol.